The van der Waals surface area contributed by atoms with E-state index < -0.39 is 17.3 Å². The lowest BCUT2D eigenvalue weighted by atomic mass is 10.1. The molecule has 0 aromatic rings. The van der Waals surface area contributed by atoms with Crippen molar-refractivity contribution in [1.82, 2.24) is 0 Å². The number of hydrogen-bond donors (Lipinski definition) is 0. The van der Waals surface area contributed by atoms with Crippen molar-refractivity contribution in [2.24, 2.45) is 0 Å². The summed E-state index contributed by atoms with van der Waals surface area (Å²) in [5, 5.41) is 19.1. The average Bonchev–Trinajstić information content (AvgIpc) is 2.17. The first-order valence-corrected chi connectivity index (χ1v) is 4.21. The Morgan fingerprint density at radius 2 is 2.64 bits per heavy atom. The van der Waals surface area contributed by atoms with Crippen molar-refractivity contribution in [2.45, 2.75) is 25.7 Å². The number of rotatable bonds is 3. The fraction of sp³-hybridized carbons (Fsp3) is 0.625. The van der Waals surface area contributed by atoms with Gasteiger partial charge in [0.25, 0.3) is 12.3 Å². The summed E-state index contributed by atoms with van der Waals surface area (Å²) in [5.74, 6) is 0.0848. The van der Waals surface area contributed by atoms with Crippen molar-refractivity contribution in [1.29, 1.82) is 5.26 Å². The van der Waals surface area contributed by atoms with Gasteiger partial charge in [0.1, 0.15) is 6.07 Å². The molecule has 0 aliphatic carbocycles. The van der Waals surface area contributed by atoms with Crippen LogP contribution in [-0.2, 0) is 9.47 Å². The van der Waals surface area contributed by atoms with E-state index in [0.29, 0.717) is 6.61 Å². The van der Waals surface area contributed by atoms with E-state index in [2.05, 4.69) is 0 Å². The molecule has 0 aromatic heterocycles. The zero-order valence-electron chi connectivity index (χ0n) is 7.67. The molecule has 14 heavy (non-hydrogen) atoms. The van der Waals surface area contributed by atoms with E-state index in [4.69, 9.17) is 14.7 Å². The number of hydrogen-bond acceptors (Lipinski definition) is 5. The van der Waals surface area contributed by atoms with E-state index in [1.165, 1.54) is 6.08 Å². The van der Waals surface area contributed by atoms with Crippen LogP contribution >= 0.6 is 0 Å². The Hall–Kier alpha value is -1.61. The SMILES string of the molecule is CCO[C@H]1OC(C#N)=CC[C@@H]1[N+](=O)[O-]. The fourth-order valence-corrected chi connectivity index (χ4v) is 1.16. The van der Waals surface area contributed by atoms with Crippen molar-refractivity contribution in [3.63, 3.8) is 0 Å². The lowest BCUT2D eigenvalue weighted by molar-refractivity contribution is -0.548. The van der Waals surface area contributed by atoms with Gasteiger partial charge in [0, 0.05) is 18.0 Å². The topological polar surface area (TPSA) is 85.4 Å². The van der Waals surface area contributed by atoms with Gasteiger partial charge in [0.15, 0.2) is 5.76 Å². The van der Waals surface area contributed by atoms with E-state index in [1.54, 1.807) is 13.0 Å². The van der Waals surface area contributed by atoms with Gasteiger partial charge >= 0.3 is 0 Å². The first-order valence-electron chi connectivity index (χ1n) is 4.21. The summed E-state index contributed by atoms with van der Waals surface area (Å²) in [6, 6.07) is 0.864. The van der Waals surface area contributed by atoms with Crippen LogP contribution in [0.15, 0.2) is 11.8 Å². The molecule has 1 aliphatic rings. The summed E-state index contributed by atoms with van der Waals surface area (Å²) in [5.41, 5.74) is 0. The van der Waals surface area contributed by atoms with Crippen molar-refractivity contribution in [2.75, 3.05) is 6.61 Å². The fourth-order valence-electron chi connectivity index (χ4n) is 1.16. The molecular weight excluding hydrogens is 188 g/mol. The zero-order valence-corrected chi connectivity index (χ0v) is 7.67. The highest BCUT2D eigenvalue weighted by Crippen LogP contribution is 2.20. The Morgan fingerprint density at radius 3 is 3.14 bits per heavy atom. The molecule has 0 amide bonds. The predicted octanol–water partition coefficient (Wildman–Crippen LogP) is 0.822. The minimum Gasteiger partial charge on any atom is -0.447 e. The van der Waals surface area contributed by atoms with Gasteiger partial charge in [0.05, 0.1) is 0 Å². The second-order valence-electron chi connectivity index (χ2n) is 2.71. The third-order valence-corrected chi connectivity index (χ3v) is 1.81. The minimum absolute atomic E-state index is 0.0848. The molecule has 1 rings (SSSR count). The standard InChI is InChI=1S/C8H10N2O4/c1-2-13-8-7(10(11)12)4-3-6(5-9)14-8/h3,7-8H,2,4H2,1H3/t7-,8-/m0/s1. The molecule has 1 aliphatic heterocycles. The molecule has 0 N–H and O–H groups in total. The van der Waals surface area contributed by atoms with Crippen LogP contribution in [0.5, 0.6) is 0 Å². The Balaban J connectivity index is 2.73. The van der Waals surface area contributed by atoms with Gasteiger partial charge in [-0.25, -0.2) is 0 Å². The zero-order chi connectivity index (χ0) is 10.6. The van der Waals surface area contributed by atoms with Crippen LogP contribution in [0.4, 0.5) is 0 Å². The van der Waals surface area contributed by atoms with Gasteiger partial charge in [0.2, 0.25) is 0 Å². The average molecular weight is 198 g/mol. The summed E-state index contributed by atoms with van der Waals surface area (Å²) in [4.78, 5) is 10.1. The molecule has 6 heteroatoms. The first-order chi connectivity index (χ1) is 6.69. The van der Waals surface area contributed by atoms with Gasteiger partial charge in [-0.3, -0.25) is 10.1 Å². The molecule has 0 spiro atoms. The monoisotopic (exact) mass is 198 g/mol. The Morgan fingerprint density at radius 1 is 1.93 bits per heavy atom. The summed E-state index contributed by atoms with van der Waals surface area (Å²) in [6.45, 7) is 2.03. The normalized spacial score (nSPS) is 25.9. The molecule has 6 nitrogen and oxygen atoms in total. The van der Waals surface area contributed by atoms with Crippen molar-refractivity contribution in [3.8, 4) is 6.07 Å². The molecular formula is C8H10N2O4. The molecule has 0 unspecified atom stereocenters. The maximum atomic E-state index is 10.6. The van der Waals surface area contributed by atoms with Crippen molar-refractivity contribution < 1.29 is 14.4 Å². The molecule has 0 aromatic carbocycles. The Labute approximate surface area is 80.9 Å². The number of nitriles is 1. The maximum absolute atomic E-state index is 10.6. The minimum atomic E-state index is -0.949. The predicted molar refractivity (Wildman–Crippen MR) is 45.6 cm³/mol. The van der Waals surface area contributed by atoms with Crippen LogP contribution in [0.25, 0.3) is 0 Å². The van der Waals surface area contributed by atoms with E-state index >= 15 is 0 Å². The molecule has 1 heterocycles. The first kappa shape index (κ1) is 10.5. The summed E-state index contributed by atoms with van der Waals surface area (Å²) in [6.07, 6.45) is 0.624. The van der Waals surface area contributed by atoms with Gasteiger partial charge in [-0.1, -0.05) is 0 Å². The Bertz CT molecular complexity index is 294. The van der Waals surface area contributed by atoms with E-state index in [1.807, 2.05) is 0 Å². The molecule has 0 radical (unpaired) electrons. The van der Waals surface area contributed by atoms with Crippen LogP contribution in [0.3, 0.4) is 0 Å². The smallest absolute Gasteiger partial charge is 0.277 e. The molecule has 2 atom stereocenters. The number of ether oxygens (including phenoxy) is 2. The van der Waals surface area contributed by atoms with Crippen LogP contribution < -0.4 is 0 Å². The number of nitro groups is 1. The summed E-state index contributed by atoms with van der Waals surface area (Å²) in [7, 11) is 0. The van der Waals surface area contributed by atoms with Gasteiger partial charge in [-0.05, 0) is 13.0 Å². The lowest BCUT2D eigenvalue weighted by Crippen LogP contribution is -2.39. The second-order valence-corrected chi connectivity index (χ2v) is 2.71. The lowest BCUT2D eigenvalue weighted by Gasteiger charge is -2.23. The third-order valence-electron chi connectivity index (χ3n) is 1.81. The van der Waals surface area contributed by atoms with Gasteiger partial charge in [-0.2, -0.15) is 5.26 Å². The van der Waals surface area contributed by atoms with Crippen LogP contribution in [-0.4, -0.2) is 23.9 Å². The maximum Gasteiger partial charge on any atom is 0.277 e. The number of allylic oxidation sites excluding steroid dienone is 1. The van der Waals surface area contributed by atoms with Gasteiger partial charge < -0.3 is 9.47 Å². The Kier molecular flexibility index (Phi) is 3.42. The van der Waals surface area contributed by atoms with E-state index in [0.717, 1.165) is 0 Å². The quantitative estimate of drug-likeness (QED) is 0.495. The second kappa shape index (κ2) is 4.58. The van der Waals surface area contributed by atoms with Crippen molar-refractivity contribution >= 4 is 0 Å². The highest BCUT2D eigenvalue weighted by atomic mass is 16.7. The third kappa shape index (κ3) is 2.20. The van der Waals surface area contributed by atoms with E-state index in [9.17, 15) is 10.1 Å². The van der Waals surface area contributed by atoms with Crippen molar-refractivity contribution in [3.05, 3.63) is 21.9 Å². The van der Waals surface area contributed by atoms with Crippen LogP contribution in [0, 0.1) is 21.4 Å². The molecule has 76 valence electrons. The molecule has 0 fully saturated rings. The highest BCUT2D eigenvalue weighted by Gasteiger charge is 2.36. The molecule has 0 saturated carbocycles. The number of nitrogens with zero attached hydrogens (tertiary/aromatic N) is 2. The highest BCUT2D eigenvalue weighted by molar-refractivity contribution is 5.15. The van der Waals surface area contributed by atoms with Crippen LogP contribution in [0.1, 0.15) is 13.3 Å². The molecule has 0 saturated heterocycles. The summed E-state index contributed by atoms with van der Waals surface area (Å²) < 4.78 is 10.0. The van der Waals surface area contributed by atoms with Gasteiger partial charge in [-0.15, -0.1) is 0 Å². The van der Waals surface area contributed by atoms with Crippen LogP contribution in [0.2, 0.25) is 0 Å². The largest absolute Gasteiger partial charge is 0.447 e. The molecule has 0 bridgehead atoms. The van der Waals surface area contributed by atoms with E-state index in [-0.39, 0.29) is 12.2 Å². The summed E-state index contributed by atoms with van der Waals surface area (Å²) >= 11 is 0.